The number of anilines is 1. The van der Waals surface area contributed by atoms with Gasteiger partial charge in [-0.05, 0) is 25.1 Å². The Morgan fingerprint density at radius 1 is 1.44 bits per heavy atom. The smallest absolute Gasteiger partial charge is 0.220 e. The molecule has 90 valence electrons. The Labute approximate surface area is 107 Å². The summed E-state index contributed by atoms with van der Waals surface area (Å²) in [4.78, 5) is 7.99. The number of hydrogen-bond donors (Lipinski definition) is 1. The van der Waals surface area contributed by atoms with Gasteiger partial charge in [0.2, 0.25) is 5.95 Å². The van der Waals surface area contributed by atoms with E-state index in [1.54, 1.807) is 31.3 Å². The average molecular weight is 240 g/mol. The third kappa shape index (κ3) is 2.77. The van der Waals surface area contributed by atoms with Crippen molar-refractivity contribution in [2.45, 2.75) is 6.92 Å². The highest BCUT2D eigenvalue weighted by Gasteiger charge is 2.07. The number of para-hydroxylation sites is 1. The number of hydrogen-bond acceptors (Lipinski definition) is 4. The molecule has 0 spiro atoms. The molecule has 0 aliphatic rings. The van der Waals surface area contributed by atoms with E-state index in [1.165, 1.54) is 0 Å². The van der Waals surface area contributed by atoms with E-state index in [9.17, 15) is 0 Å². The van der Waals surface area contributed by atoms with Crippen LogP contribution in [0.2, 0.25) is 0 Å². The van der Waals surface area contributed by atoms with Crippen molar-refractivity contribution >= 4 is 5.95 Å². The zero-order valence-electron chi connectivity index (χ0n) is 11.0. The topological polar surface area (TPSA) is 61.0 Å². The molecule has 0 unspecified atom stereocenters. The summed E-state index contributed by atoms with van der Waals surface area (Å²) in [5.41, 5.74) is 6.91. The second-order valence-corrected chi connectivity index (χ2v) is 3.43. The molecular weight excluding hydrogens is 226 g/mol. The van der Waals surface area contributed by atoms with Crippen LogP contribution in [0.4, 0.5) is 5.95 Å². The summed E-state index contributed by atoms with van der Waals surface area (Å²) in [7, 11) is 0. The van der Waals surface area contributed by atoms with Crippen LogP contribution in [0.3, 0.4) is 0 Å². The quantitative estimate of drug-likeness (QED) is 0.835. The molecule has 0 atom stereocenters. The van der Waals surface area contributed by atoms with Gasteiger partial charge >= 0.3 is 0 Å². The number of nitrogens with two attached hydrogens (primary N) is 1. The first kappa shape index (κ1) is 10.6. The van der Waals surface area contributed by atoms with Crippen LogP contribution in [-0.2, 0) is 0 Å². The molecule has 4 nitrogen and oxygen atoms in total. The first-order valence-electron chi connectivity index (χ1n) is 5.93. The van der Waals surface area contributed by atoms with Crippen molar-refractivity contribution < 1.29 is 6.11 Å². The molecule has 2 N–H and O–H groups in total. The highest BCUT2D eigenvalue weighted by Crippen LogP contribution is 2.28. The molecule has 1 heterocycles. The first-order valence-corrected chi connectivity index (χ1v) is 5.43. The maximum atomic E-state index is 7.90. The van der Waals surface area contributed by atoms with Crippen LogP contribution in [0.1, 0.15) is 8.29 Å². The van der Waals surface area contributed by atoms with Gasteiger partial charge < -0.3 is 10.5 Å². The van der Waals surface area contributed by atoms with Gasteiger partial charge in [0.15, 0.2) is 0 Å². The van der Waals surface area contributed by atoms with Gasteiger partial charge in [-0.2, -0.15) is 0 Å². The average Bonchev–Trinajstić information content (AvgIpc) is 2.41. The summed E-state index contributed by atoms with van der Waals surface area (Å²) >= 11 is 0. The Hall–Kier alpha value is -2.54. The minimum atomic E-state index is 0.187. The van der Waals surface area contributed by atoms with Crippen LogP contribution < -0.4 is 10.5 Å². The van der Waals surface area contributed by atoms with Gasteiger partial charge in [0.1, 0.15) is 12.4 Å². The SMILES string of the molecule is [2H]c1cccc(-c2ccnc(N)n2)c1OCC#CC. The third-order valence-electron chi connectivity index (χ3n) is 2.23. The largest absolute Gasteiger partial charge is 0.480 e. The van der Waals surface area contributed by atoms with E-state index in [-0.39, 0.29) is 18.6 Å². The van der Waals surface area contributed by atoms with E-state index >= 15 is 0 Å². The molecule has 0 amide bonds. The van der Waals surface area contributed by atoms with E-state index < -0.39 is 0 Å². The zero-order valence-corrected chi connectivity index (χ0v) is 9.97. The normalized spacial score (nSPS) is 10.2. The van der Waals surface area contributed by atoms with Crippen LogP contribution in [0.15, 0.2) is 36.5 Å². The van der Waals surface area contributed by atoms with Gasteiger partial charge in [-0.3, -0.25) is 0 Å². The van der Waals surface area contributed by atoms with Crippen molar-refractivity contribution in [2.24, 2.45) is 0 Å². The summed E-state index contributed by atoms with van der Waals surface area (Å²) in [6, 6.07) is 7.27. The summed E-state index contributed by atoms with van der Waals surface area (Å²) < 4.78 is 13.4. The summed E-state index contributed by atoms with van der Waals surface area (Å²) in [6.45, 7) is 1.97. The number of rotatable bonds is 3. The maximum Gasteiger partial charge on any atom is 0.220 e. The molecule has 1 aromatic carbocycles. The highest BCUT2D eigenvalue weighted by molar-refractivity contribution is 5.67. The van der Waals surface area contributed by atoms with Crippen LogP contribution in [0, 0.1) is 11.8 Å². The molecule has 1 aromatic heterocycles. The molecule has 0 saturated carbocycles. The summed E-state index contributed by atoms with van der Waals surface area (Å²) in [5.74, 6) is 6.18. The predicted molar refractivity (Wildman–Crippen MR) is 70.8 cm³/mol. The standard InChI is InChI=1S/C14H13N3O/c1-2-3-10-18-13-7-5-4-6-11(13)12-8-9-16-14(15)17-12/h4-9H,10H2,1H3,(H2,15,16,17)/i7D. The lowest BCUT2D eigenvalue weighted by Crippen LogP contribution is -1.99. The van der Waals surface area contributed by atoms with Crippen LogP contribution in [-0.4, -0.2) is 16.6 Å². The minimum absolute atomic E-state index is 0.187. The second kappa shape index (κ2) is 5.69. The molecule has 2 aromatic rings. The Morgan fingerprint density at radius 2 is 2.33 bits per heavy atom. The molecule has 2 rings (SSSR count). The number of nitrogen functional groups attached to an aromatic ring is 1. The molecule has 0 fully saturated rings. The molecule has 0 aliphatic heterocycles. The molecular formula is C14H13N3O. The Morgan fingerprint density at radius 3 is 3.11 bits per heavy atom. The van der Waals surface area contributed by atoms with Crippen LogP contribution >= 0.6 is 0 Å². The van der Waals surface area contributed by atoms with E-state index in [0.717, 1.165) is 0 Å². The lowest BCUT2D eigenvalue weighted by molar-refractivity contribution is 0.371. The molecule has 0 saturated heterocycles. The lowest BCUT2D eigenvalue weighted by atomic mass is 10.1. The van der Waals surface area contributed by atoms with Crippen molar-refractivity contribution in [3.05, 3.63) is 36.5 Å². The van der Waals surface area contributed by atoms with Gasteiger partial charge in [0.05, 0.1) is 7.06 Å². The van der Waals surface area contributed by atoms with Gasteiger partial charge in [0.25, 0.3) is 0 Å². The molecule has 0 aliphatic carbocycles. The fraction of sp³-hybridized carbons (Fsp3) is 0.143. The Balaban J connectivity index is 2.44. The van der Waals surface area contributed by atoms with Gasteiger partial charge in [0, 0.05) is 11.8 Å². The first-order chi connectivity index (χ1) is 9.22. The fourth-order valence-electron chi connectivity index (χ4n) is 1.45. The number of aromatic nitrogens is 2. The zero-order chi connectivity index (χ0) is 13.7. The van der Waals surface area contributed by atoms with E-state index in [0.29, 0.717) is 17.0 Å². The second-order valence-electron chi connectivity index (χ2n) is 3.43. The monoisotopic (exact) mass is 240 g/mol. The summed E-state index contributed by atoms with van der Waals surface area (Å²) in [5, 5.41) is 0. The molecule has 0 bridgehead atoms. The molecule has 0 radical (unpaired) electrons. The van der Waals surface area contributed by atoms with Crippen molar-refractivity contribution in [2.75, 3.05) is 12.3 Å². The maximum absolute atomic E-state index is 7.90. The highest BCUT2D eigenvalue weighted by atomic mass is 16.5. The van der Waals surface area contributed by atoms with Crippen molar-refractivity contribution in [1.82, 2.24) is 9.97 Å². The van der Waals surface area contributed by atoms with Crippen LogP contribution in [0.5, 0.6) is 5.75 Å². The molecule has 18 heavy (non-hydrogen) atoms. The van der Waals surface area contributed by atoms with Crippen molar-refractivity contribution in [3.8, 4) is 28.8 Å². The predicted octanol–water partition coefficient (Wildman–Crippen LogP) is 2.13. The third-order valence-corrected chi connectivity index (χ3v) is 2.23. The van der Waals surface area contributed by atoms with E-state index in [1.807, 2.05) is 6.07 Å². The van der Waals surface area contributed by atoms with Gasteiger partial charge in [-0.1, -0.05) is 18.1 Å². The lowest BCUT2D eigenvalue weighted by Gasteiger charge is -2.08. The Bertz CT molecular complexity index is 647. The number of nitrogens with zero attached hydrogens (tertiary/aromatic N) is 2. The van der Waals surface area contributed by atoms with Crippen molar-refractivity contribution in [3.63, 3.8) is 0 Å². The van der Waals surface area contributed by atoms with E-state index in [2.05, 4.69) is 21.8 Å². The summed E-state index contributed by atoms with van der Waals surface area (Å²) in [6.07, 6.45) is 1.57. The van der Waals surface area contributed by atoms with Gasteiger partial charge in [-0.25, -0.2) is 9.97 Å². The number of ether oxygens (including phenoxy) is 1. The van der Waals surface area contributed by atoms with Crippen LogP contribution in [0.25, 0.3) is 11.3 Å². The van der Waals surface area contributed by atoms with Gasteiger partial charge in [-0.15, -0.1) is 5.92 Å². The fourth-order valence-corrected chi connectivity index (χ4v) is 1.45. The number of benzene rings is 1. The van der Waals surface area contributed by atoms with Crippen molar-refractivity contribution in [1.29, 1.82) is 0 Å². The van der Waals surface area contributed by atoms with E-state index in [4.69, 9.17) is 11.8 Å². The Kier molecular flexibility index (Phi) is 3.35. The minimum Gasteiger partial charge on any atom is -0.480 e. The molecule has 4 heteroatoms.